The molecule has 5 N–H and O–H groups in total. The summed E-state index contributed by atoms with van der Waals surface area (Å²) in [5, 5.41) is 29.1. The van der Waals surface area contributed by atoms with Crippen molar-refractivity contribution in [3.63, 3.8) is 0 Å². The second-order valence-corrected chi connectivity index (χ2v) is 5.07. The summed E-state index contributed by atoms with van der Waals surface area (Å²) in [6, 6.07) is 5.05. The number of nitrogens with two attached hydrogens (primary N) is 1. The van der Waals surface area contributed by atoms with E-state index in [4.69, 9.17) is 27.2 Å². The highest BCUT2D eigenvalue weighted by atomic mass is 35.5. The minimum absolute atomic E-state index is 0.112. The third kappa shape index (κ3) is 1.95. The van der Waals surface area contributed by atoms with E-state index in [1.807, 2.05) is 0 Å². The minimum atomic E-state index is -1.22. The molecule has 3 rings (SSSR count). The van der Waals surface area contributed by atoms with Crippen LogP contribution in [0.4, 0.5) is 5.69 Å². The van der Waals surface area contributed by atoms with Gasteiger partial charge in [-0.2, -0.15) is 0 Å². The molecule has 4 atom stereocenters. The highest BCUT2D eigenvalue weighted by Crippen LogP contribution is 2.35. The van der Waals surface area contributed by atoms with Crippen molar-refractivity contribution in [3.05, 3.63) is 23.5 Å². The Balaban J connectivity index is 2.10. The zero-order chi connectivity index (χ0) is 14.4. The number of aliphatic hydroxyl groups is 3. The summed E-state index contributed by atoms with van der Waals surface area (Å²) in [5.74, 6) is 0. The van der Waals surface area contributed by atoms with E-state index in [1.54, 1.807) is 18.2 Å². The molecule has 1 fully saturated rings. The van der Waals surface area contributed by atoms with Gasteiger partial charge < -0.3 is 25.8 Å². The fourth-order valence-electron chi connectivity index (χ4n) is 2.42. The van der Waals surface area contributed by atoms with Gasteiger partial charge in [-0.1, -0.05) is 0 Å². The SMILES string of the molecule is Nc1ccc2nc(Cl)n([C@@H]3O[C@H](CO)[C@@H](O)[C@H]3O)c2c1. The third-order valence-corrected chi connectivity index (χ3v) is 3.71. The summed E-state index contributed by atoms with van der Waals surface area (Å²) in [5.41, 5.74) is 7.44. The van der Waals surface area contributed by atoms with E-state index in [9.17, 15) is 10.2 Å². The van der Waals surface area contributed by atoms with Gasteiger partial charge in [-0.15, -0.1) is 0 Å². The number of hydrogen-bond donors (Lipinski definition) is 4. The highest BCUT2D eigenvalue weighted by molar-refractivity contribution is 6.29. The van der Waals surface area contributed by atoms with Crippen LogP contribution in [-0.4, -0.2) is 49.8 Å². The second-order valence-electron chi connectivity index (χ2n) is 4.73. The molecule has 0 radical (unpaired) electrons. The predicted octanol–water partition coefficient (Wildman–Crippen LogP) is -0.117. The van der Waals surface area contributed by atoms with Crippen LogP contribution in [0.3, 0.4) is 0 Å². The number of hydrogen-bond acceptors (Lipinski definition) is 6. The molecule has 7 nitrogen and oxygen atoms in total. The van der Waals surface area contributed by atoms with Crippen molar-refractivity contribution in [1.29, 1.82) is 0 Å². The number of aliphatic hydroxyl groups excluding tert-OH is 3. The quantitative estimate of drug-likeness (QED) is 0.575. The number of anilines is 1. The Labute approximate surface area is 119 Å². The molecule has 1 saturated heterocycles. The van der Waals surface area contributed by atoms with Crippen molar-refractivity contribution >= 4 is 28.3 Å². The van der Waals surface area contributed by atoms with Gasteiger partial charge in [-0.3, -0.25) is 4.57 Å². The van der Waals surface area contributed by atoms with Gasteiger partial charge in [0.15, 0.2) is 6.23 Å². The van der Waals surface area contributed by atoms with Crippen LogP contribution >= 0.6 is 11.6 Å². The summed E-state index contributed by atoms with van der Waals surface area (Å²) in [4.78, 5) is 4.15. The molecule has 20 heavy (non-hydrogen) atoms. The number of fused-ring (bicyclic) bond motifs is 1. The lowest BCUT2D eigenvalue weighted by atomic mass is 10.1. The molecule has 1 aromatic heterocycles. The number of nitrogen functional groups attached to an aromatic ring is 1. The van der Waals surface area contributed by atoms with Crippen molar-refractivity contribution in [3.8, 4) is 0 Å². The lowest BCUT2D eigenvalue weighted by Gasteiger charge is -2.18. The molecule has 8 heteroatoms. The number of rotatable bonds is 2. The molecule has 0 unspecified atom stereocenters. The molecule has 1 aliphatic heterocycles. The lowest BCUT2D eigenvalue weighted by Crippen LogP contribution is -2.33. The molecule has 0 spiro atoms. The van der Waals surface area contributed by atoms with Crippen LogP contribution in [0.15, 0.2) is 18.2 Å². The van der Waals surface area contributed by atoms with Gasteiger partial charge >= 0.3 is 0 Å². The van der Waals surface area contributed by atoms with Gasteiger partial charge in [-0.25, -0.2) is 4.98 Å². The highest BCUT2D eigenvalue weighted by Gasteiger charge is 2.44. The third-order valence-electron chi connectivity index (χ3n) is 3.44. The molecule has 0 aliphatic carbocycles. The summed E-state index contributed by atoms with van der Waals surface area (Å²) in [6.45, 7) is -0.402. The topological polar surface area (TPSA) is 114 Å². The smallest absolute Gasteiger partial charge is 0.206 e. The lowest BCUT2D eigenvalue weighted by molar-refractivity contribution is -0.0507. The average molecular weight is 300 g/mol. The van der Waals surface area contributed by atoms with E-state index in [0.29, 0.717) is 16.7 Å². The summed E-state index contributed by atoms with van der Waals surface area (Å²) in [7, 11) is 0. The van der Waals surface area contributed by atoms with E-state index in [0.717, 1.165) is 0 Å². The van der Waals surface area contributed by atoms with Crippen LogP contribution in [-0.2, 0) is 4.74 Å². The van der Waals surface area contributed by atoms with Crippen LogP contribution in [0.25, 0.3) is 11.0 Å². The Kier molecular flexibility index (Phi) is 3.31. The van der Waals surface area contributed by atoms with Crippen LogP contribution in [0.1, 0.15) is 6.23 Å². The molecule has 2 heterocycles. The van der Waals surface area contributed by atoms with Crippen molar-refractivity contribution in [2.75, 3.05) is 12.3 Å². The maximum atomic E-state index is 10.1. The number of ether oxygens (including phenoxy) is 1. The number of imidazole rings is 1. The van der Waals surface area contributed by atoms with Crippen molar-refractivity contribution in [2.45, 2.75) is 24.5 Å². The molecule has 0 bridgehead atoms. The maximum Gasteiger partial charge on any atom is 0.206 e. The molecular formula is C12H14ClN3O4. The van der Waals surface area contributed by atoms with Gasteiger partial charge in [0.1, 0.15) is 18.3 Å². The standard InChI is InChI=1S/C12H14ClN3O4/c13-12-15-6-2-1-5(14)3-7(6)16(12)11-10(19)9(18)8(4-17)20-11/h1-3,8-11,17-19H,4,14H2/t8-,9-,10-,11-/m1/s1. The van der Waals surface area contributed by atoms with Crippen molar-refractivity contribution in [1.82, 2.24) is 9.55 Å². The second kappa shape index (κ2) is 4.87. The first-order valence-corrected chi connectivity index (χ1v) is 6.46. The minimum Gasteiger partial charge on any atom is -0.399 e. The number of halogens is 1. The van der Waals surface area contributed by atoms with Crippen molar-refractivity contribution in [2.24, 2.45) is 0 Å². The molecule has 1 aliphatic rings. The van der Waals surface area contributed by atoms with Crippen molar-refractivity contribution < 1.29 is 20.1 Å². The van der Waals surface area contributed by atoms with Crippen LogP contribution in [0.2, 0.25) is 5.28 Å². The molecule has 2 aromatic rings. The zero-order valence-electron chi connectivity index (χ0n) is 10.3. The number of aromatic nitrogens is 2. The fourth-order valence-corrected chi connectivity index (χ4v) is 2.69. The average Bonchev–Trinajstić information content (AvgIpc) is 2.88. The van der Waals surface area contributed by atoms with E-state index in [2.05, 4.69) is 4.98 Å². The molecular weight excluding hydrogens is 286 g/mol. The van der Waals surface area contributed by atoms with E-state index < -0.39 is 31.1 Å². The van der Waals surface area contributed by atoms with Gasteiger partial charge in [0.2, 0.25) is 5.28 Å². The van der Waals surface area contributed by atoms with Crippen LogP contribution in [0, 0.1) is 0 Å². The summed E-state index contributed by atoms with van der Waals surface area (Å²) in [6.07, 6.45) is -4.21. The Morgan fingerprint density at radius 1 is 1.35 bits per heavy atom. The van der Waals surface area contributed by atoms with Gasteiger partial charge in [0.25, 0.3) is 0 Å². The number of nitrogens with zero attached hydrogens (tertiary/aromatic N) is 2. The van der Waals surface area contributed by atoms with Crippen LogP contribution < -0.4 is 5.73 Å². The first-order valence-electron chi connectivity index (χ1n) is 6.08. The van der Waals surface area contributed by atoms with Gasteiger partial charge in [0, 0.05) is 5.69 Å². The Morgan fingerprint density at radius 3 is 2.75 bits per heavy atom. The zero-order valence-corrected chi connectivity index (χ0v) is 11.1. The Bertz CT molecular complexity index is 647. The van der Waals surface area contributed by atoms with E-state index >= 15 is 0 Å². The van der Waals surface area contributed by atoms with E-state index in [1.165, 1.54) is 4.57 Å². The molecule has 1 aromatic carbocycles. The van der Waals surface area contributed by atoms with E-state index in [-0.39, 0.29) is 5.28 Å². The molecule has 0 saturated carbocycles. The number of benzene rings is 1. The molecule has 0 amide bonds. The summed E-state index contributed by atoms with van der Waals surface area (Å²) >= 11 is 6.08. The molecule has 108 valence electrons. The Morgan fingerprint density at radius 2 is 2.10 bits per heavy atom. The summed E-state index contributed by atoms with van der Waals surface area (Å²) < 4.78 is 6.91. The predicted molar refractivity (Wildman–Crippen MR) is 72.2 cm³/mol. The van der Waals surface area contributed by atoms with Gasteiger partial charge in [-0.05, 0) is 29.8 Å². The fraction of sp³-hybridized carbons (Fsp3) is 0.417. The first-order chi connectivity index (χ1) is 9.52. The van der Waals surface area contributed by atoms with Crippen LogP contribution in [0.5, 0.6) is 0 Å². The monoisotopic (exact) mass is 299 g/mol. The maximum absolute atomic E-state index is 10.1. The first kappa shape index (κ1) is 13.6. The largest absolute Gasteiger partial charge is 0.399 e. The normalized spacial score (nSPS) is 30.2. The van der Waals surface area contributed by atoms with Gasteiger partial charge in [0.05, 0.1) is 17.6 Å². The Hall–Kier alpha value is -1.38.